The first-order valence-corrected chi connectivity index (χ1v) is 10.2. The highest BCUT2D eigenvalue weighted by atomic mass is 32.2. The van der Waals surface area contributed by atoms with Gasteiger partial charge in [-0.2, -0.15) is 0 Å². The molecule has 1 N–H and O–H groups in total. The van der Waals surface area contributed by atoms with Gasteiger partial charge in [0.1, 0.15) is 23.2 Å². The van der Waals surface area contributed by atoms with Gasteiger partial charge in [0, 0.05) is 29.0 Å². The number of hydrogen-bond donors (Lipinski definition) is 1. The van der Waals surface area contributed by atoms with Gasteiger partial charge in [-0.3, -0.25) is 0 Å². The molecule has 162 valence electrons. The van der Waals surface area contributed by atoms with Crippen LogP contribution < -0.4 is 4.74 Å². The van der Waals surface area contributed by atoms with Crippen molar-refractivity contribution >= 4 is 17.7 Å². The molecule has 0 unspecified atom stereocenters. The molecule has 0 bridgehead atoms. The molecule has 0 aliphatic rings. The van der Waals surface area contributed by atoms with Gasteiger partial charge in [-0.15, -0.1) is 11.8 Å². The van der Waals surface area contributed by atoms with Crippen molar-refractivity contribution in [1.29, 1.82) is 0 Å². The molecule has 0 spiro atoms. The van der Waals surface area contributed by atoms with E-state index in [4.69, 9.17) is 4.74 Å². The van der Waals surface area contributed by atoms with Crippen molar-refractivity contribution in [3.05, 3.63) is 71.3 Å². The first kappa shape index (κ1) is 22.6. The molecule has 0 amide bonds. The maximum absolute atomic E-state index is 14.0. The van der Waals surface area contributed by atoms with Gasteiger partial charge in [-0.05, 0) is 50.6 Å². The summed E-state index contributed by atoms with van der Waals surface area (Å²) < 4.78 is 46.8. The smallest absolute Gasteiger partial charge is 0.347 e. The maximum atomic E-state index is 14.0. The second-order valence-corrected chi connectivity index (χ2v) is 8.30. The molecule has 0 aliphatic carbocycles. The van der Waals surface area contributed by atoms with E-state index in [1.807, 2.05) is 6.07 Å². The molecule has 0 aliphatic heterocycles. The molecule has 1 heterocycles. The van der Waals surface area contributed by atoms with Crippen LogP contribution in [0.5, 0.6) is 5.75 Å². The van der Waals surface area contributed by atoms with Gasteiger partial charge in [-0.1, -0.05) is 0 Å². The number of benzene rings is 2. The minimum atomic E-state index is -1.36. The molecule has 0 atom stereocenters. The predicted octanol–water partition coefficient (Wildman–Crippen LogP) is 5.40. The Morgan fingerprint density at radius 3 is 2.42 bits per heavy atom. The lowest BCUT2D eigenvalue weighted by molar-refractivity contribution is -0.152. The quantitative estimate of drug-likeness (QED) is 0.488. The number of aliphatic carboxylic acids is 1. The van der Waals surface area contributed by atoms with E-state index in [0.29, 0.717) is 29.3 Å². The Balaban J connectivity index is 1.75. The number of carboxylic acid groups (broad SMARTS) is 1. The van der Waals surface area contributed by atoms with Crippen LogP contribution in [-0.4, -0.2) is 26.6 Å². The molecule has 3 rings (SSSR count). The second-order valence-electron chi connectivity index (χ2n) is 7.25. The van der Waals surface area contributed by atoms with Crippen molar-refractivity contribution < 1.29 is 27.8 Å². The van der Waals surface area contributed by atoms with Gasteiger partial charge in [-0.25, -0.2) is 27.9 Å². The van der Waals surface area contributed by atoms with Gasteiger partial charge in [0.25, 0.3) is 0 Å². The zero-order chi connectivity index (χ0) is 22.8. The summed E-state index contributed by atoms with van der Waals surface area (Å²) in [6.07, 6.45) is 1.39. The number of hydrogen-bond acceptors (Lipinski definition) is 5. The molecular formula is C22H19F3N2O3S. The minimum Gasteiger partial charge on any atom is -0.478 e. The van der Waals surface area contributed by atoms with E-state index in [1.165, 1.54) is 31.8 Å². The maximum Gasteiger partial charge on any atom is 0.347 e. The molecule has 0 fully saturated rings. The van der Waals surface area contributed by atoms with E-state index in [9.17, 15) is 23.1 Å². The number of thioether (sulfide) groups is 1. The van der Waals surface area contributed by atoms with Crippen LogP contribution in [0.15, 0.2) is 47.5 Å². The molecule has 0 saturated heterocycles. The standard InChI is InChI=1S/C22H19F3N2O3S/c1-12-8-15(4-5-18(12)30-22(2,3)21(28)29)31-11-14-6-7-26-20(27-14)19-16(24)9-13(23)10-17(19)25/h4-10H,11H2,1-3H3,(H,28,29). The van der Waals surface area contributed by atoms with Crippen LogP contribution in [0.25, 0.3) is 11.4 Å². The average molecular weight is 448 g/mol. The van der Waals surface area contributed by atoms with Crippen LogP contribution in [-0.2, 0) is 10.5 Å². The van der Waals surface area contributed by atoms with E-state index >= 15 is 0 Å². The summed E-state index contributed by atoms with van der Waals surface area (Å²) in [7, 11) is 0. The van der Waals surface area contributed by atoms with Gasteiger partial charge in [0.05, 0.1) is 11.3 Å². The molecular weight excluding hydrogens is 429 g/mol. The Morgan fingerprint density at radius 1 is 1.13 bits per heavy atom. The fraction of sp³-hybridized carbons (Fsp3) is 0.227. The fourth-order valence-electron chi connectivity index (χ4n) is 2.65. The Hall–Kier alpha value is -3.07. The molecule has 9 heteroatoms. The largest absolute Gasteiger partial charge is 0.478 e. The highest BCUT2D eigenvalue weighted by molar-refractivity contribution is 7.98. The fourth-order valence-corrected chi connectivity index (χ4v) is 3.55. The zero-order valence-corrected chi connectivity index (χ0v) is 17.8. The van der Waals surface area contributed by atoms with Crippen LogP contribution in [0.4, 0.5) is 13.2 Å². The summed E-state index contributed by atoms with van der Waals surface area (Å²) in [6.45, 7) is 4.74. The molecule has 0 radical (unpaired) electrons. The van der Waals surface area contributed by atoms with Crippen molar-refractivity contribution in [2.75, 3.05) is 0 Å². The Morgan fingerprint density at radius 2 is 1.81 bits per heavy atom. The number of nitrogens with zero attached hydrogens (tertiary/aromatic N) is 2. The average Bonchev–Trinajstić information content (AvgIpc) is 2.67. The van der Waals surface area contributed by atoms with Crippen molar-refractivity contribution in [2.45, 2.75) is 37.0 Å². The zero-order valence-electron chi connectivity index (χ0n) is 16.9. The van der Waals surface area contributed by atoms with Gasteiger partial charge in [0.15, 0.2) is 11.4 Å². The van der Waals surface area contributed by atoms with Crippen molar-refractivity contribution in [1.82, 2.24) is 9.97 Å². The Bertz CT molecular complexity index is 1120. The summed E-state index contributed by atoms with van der Waals surface area (Å²) in [5, 5.41) is 9.20. The summed E-state index contributed by atoms with van der Waals surface area (Å²) >= 11 is 1.43. The summed E-state index contributed by atoms with van der Waals surface area (Å²) in [5.41, 5.74) is -0.547. The highest BCUT2D eigenvalue weighted by Crippen LogP contribution is 2.30. The Kier molecular flexibility index (Phi) is 6.54. The van der Waals surface area contributed by atoms with E-state index in [1.54, 1.807) is 25.1 Å². The monoisotopic (exact) mass is 448 g/mol. The number of rotatable bonds is 7. The van der Waals surface area contributed by atoms with E-state index in [0.717, 1.165) is 10.5 Å². The van der Waals surface area contributed by atoms with Crippen LogP contribution in [0.2, 0.25) is 0 Å². The number of aromatic nitrogens is 2. The normalized spacial score (nSPS) is 11.4. The number of carbonyl (C=O) groups is 1. The molecule has 0 saturated carbocycles. The third-order valence-corrected chi connectivity index (χ3v) is 5.38. The second kappa shape index (κ2) is 8.97. The van der Waals surface area contributed by atoms with Crippen LogP contribution in [0, 0.1) is 24.4 Å². The predicted molar refractivity (Wildman–Crippen MR) is 110 cm³/mol. The lowest BCUT2D eigenvalue weighted by Crippen LogP contribution is -2.38. The molecule has 3 aromatic rings. The lowest BCUT2D eigenvalue weighted by atomic mass is 10.1. The van der Waals surface area contributed by atoms with Gasteiger partial charge >= 0.3 is 5.97 Å². The summed E-state index contributed by atoms with van der Waals surface area (Å²) in [6, 6.07) is 8.11. The number of aryl methyl sites for hydroxylation is 1. The number of halogens is 3. The minimum absolute atomic E-state index is 0.163. The summed E-state index contributed by atoms with van der Waals surface area (Å²) in [5.74, 6) is -3.54. The SMILES string of the molecule is Cc1cc(SCc2ccnc(-c3c(F)cc(F)cc3F)n2)ccc1OC(C)(C)C(=O)O. The van der Waals surface area contributed by atoms with Crippen LogP contribution in [0.1, 0.15) is 25.1 Å². The molecule has 1 aromatic heterocycles. The molecule has 5 nitrogen and oxygen atoms in total. The lowest BCUT2D eigenvalue weighted by Gasteiger charge is -2.23. The molecule has 2 aromatic carbocycles. The molecule has 31 heavy (non-hydrogen) atoms. The van der Waals surface area contributed by atoms with Crippen molar-refractivity contribution in [3.8, 4) is 17.1 Å². The first-order valence-electron chi connectivity index (χ1n) is 9.19. The number of ether oxygens (including phenoxy) is 1. The topological polar surface area (TPSA) is 72.3 Å². The van der Waals surface area contributed by atoms with Gasteiger partial charge in [0.2, 0.25) is 0 Å². The Labute approximate surface area is 181 Å². The van der Waals surface area contributed by atoms with Gasteiger partial charge < -0.3 is 9.84 Å². The summed E-state index contributed by atoms with van der Waals surface area (Å²) in [4.78, 5) is 20.2. The first-order chi connectivity index (χ1) is 14.6. The third kappa shape index (κ3) is 5.35. The van der Waals surface area contributed by atoms with Crippen molar-refractivity contribution in [2.24, 2.45) is 0 Å². The van der Waals surface area contributed by atoms with E-state index < -0.39 is 34.6 Å². The van der Waals surface area contributed by atoms with Crippen LogP contribution in [0.3, 0.4) is 0 Å². The highest BCUT2D eigenvalue weighted by Gasteiger charge is 2.29. The number of carboxylic acids is 1. The van der Waals surface area contributed by atoms with Crippen LogP contribution >= 0.6 is 11.8 Å². The van der Waals surface area contributed by atoms with Crippen molar-refractivity contribution in [3.63, 3.8) is 0 Å². The van der Waals surface area contributed by atoms with E-state index in [-0.39, 0.29) is 5.82 Å². The third-order valence-electron chi connectivity index (χ3n) is 4.36. The van der Waals surface area contributed by atoms with E-state index in [2.05, 4.69) is 9.97 Å².